The lowest BCUT2D eigenvalue weighted by Gasteiger charge is -1.97. The molecule has 0 N–H and O–H groups in total. The van der Waals surface area contributed by atoms with Crippen LogP contribution in [0.2, 0.25) is 0 Å². The van der Waals surface area contributed by atoms with E-state index in [2.05, 4.69) is 154 Å². The van der Waals surface area contributed by atoms with Crippen molar-refractivity contribution >= 4 is 54.3 Å². The number of benzene rings is 5. The van der Waals surface area contributed by atoms with Gasteiger partial charge in [0.15, 0.2) is 0 Å². The summed E-state index contributed by atoms with van der Waals surface area (Å²) in [6, 6.07) is 57.0. The quantitative estimate of drug-likeness (QED) is 0.138. The van der Waals surface area contributed by atoms with Crippen LogP contribution in [-0.2, 0) is 0 Å². The number of para-hydroxylation sites is 3. The van der Waals surface area contributed by atoms with Crippen molar-refractivity contribution in [2.24, 2.45) is 0 Å². The molecule has 16 heteroatoms. The summed E-state index contributed by atoms with van der Waals surface area (Å²) in [5.74, 6) is 1.58. The molecule has 110 heavy (non-hydrogen) atoms. The zero-order chi connectivity index (χ0) is 84.0. The second kappa shape index (κ2) is 77.1. The minimum Gasteiger partial charge on any atom is -0.261 e. The van der Waals surface area contributed by atoms with E-state index in [0.717, 1.165) is 62.2 Å². The number of pyridine rings is 5. The standard InChI is InChI=1S/5C10H9N.4C5H6N2.C4H5N3.10C2H6/c1-8-6-9-4-2-3-5-10(9)7-11-8;1-8-6-9-4-2-3-5-10(9)11-7-8;1-8-10-5-3-2-4-9(10)6-7-11-8;1-8-6-7-11-10-5-3-2-4-9(8)10;1-8-6-7-9-4-2-3-5-10(9)11-8;1-5-2-6-4-7-3-5;1-5-4-6-2-3-7-5;1-5-2-3-6-4-7-5;1-5-6-3-2-4-7-5;1-4-6-2-5-3-7-4;10*1-2/h5*2-7H,1H3;4*2-4H,1H3;2-3H,1H3;10*1-2H3. The Balaban J connectivity index is -0.000000363. The molecule has 0 aliphatic rings. The van der Waals surface area contributed by atoms with Crippen molar-refractivity contribution in [1.29, 1.82) is 0 Å². The van der Waals surface area contributed by atoms with E-state index in [0.29, 0.717) is 0 Å². The Bertz CT molecular complexity index is 3940. The van der Waals surface area contributed by atoms with Crippen LogP contribution in [0.25, 0.3) is 54.3 Å². The predicted octanol–water partition coefficient (Wildman–Crippen LogP) is 26.3. The van der Waals surface area contributed by atoms with Crippen molar-refractivity contribution in [2.75, 3.05) is 0 Å². The van der Waals surface area contributed by atoms with Gasteiger partial charge in [-0.15, -0.1) is 0 Å². The van der Waals surface area contributed by atoms with E-state index >= 15 is 0 Å². The summed E-state index contributed by atoms with van der Waals surface area (Å²) in [5.41, 5.74) is 12.0. The molecule has 0 saturated carbocycles. The lowest BCUT2D eigenvalue weighted by atomic mass is 10.1. The van der Waals surface area contributed by atoms with Gasteiger partial charge < -0.3 is 0 Å². The second-order valence-corrected chi connectivity index (χ2v) is 19.9. The van der Waals surface area contributed by atoms with Crippen LogP contribution in [0.5, 0.6) is 0 Å². The Labute approximate surface area is 664 Å². The Morgan fingerprint density at radius 3 is 1.17 bits per heavy atom. The van der Waals surface area contributed by atoms with Gasteiger partial charge in [0.1, 0.15) is 37.0 Å². The number of nitrogens with zero attached hydrogens (tertiary/aromatic N) is 16. The summed E-state index contributed by atoms with van der Waals surface area (Å²) in [5, 5.41) is 8.65. The van der Waals surface area contributed by atoms with Gasteiger partial charge in [-0.05, 0) is 157 Å². The Hall–Kier alpha value is -11.5. The van der Waals surface area contributed by atoms with Gasteiger partial charge >= 0.3 is 0 Å². The molecule has 0 amide bonds. The Morgan fingerprint density at radius 1 is 0.209 bits per heavy atom. The minimum absolute atomic E-state index is 0.759. The van der Waals surface area contributed by atoms with Crippen LogP contribution in [0.15, 0.2) is 270 Å². The summed E-state index contributed by atoms with van der Waals surface area (Å²) in [6.45, 7) is 59.7. The van der Waals surface area contributed by atoms with Gasteiger partial charge in [-0.2, -0.15) is 0 Å². The first-order chi connectivity index (χ1) is 53.8. The fraction of sp³-hybridized carbons (Fsp3) is 0.319. The third-order valence-corrected chi connectivity index (χ3v) is 12.4. The molecule has 10 aromatic heterocycles. The van der Waals surface area contributed by atoms with Gasteiger partial charge in [0.05, 0.1) is 22.2 Å². The van der Waals surface area contributed by atoms with Crippen LogP contribution in [0.1, 0.15) is 195 Å². The summed E-state index contributed by atoms with van der Waals surface area (Å²) >= 11 is 0. The molecular weight excluding hydrogens is 1350 g/mol. The van der Waals surface area contributed by atoms with Crippen molar-refractivity contribution in [1.82, 2.24) is 79.7 Å². The van der Waals surface area contributed by atoms with E-state index in [4.69, 9.17) is 0 Å². The van der Waals surface area contributed by atoms with Crippen LogP contribution in [0.4, 0.5) is 0 Å². The topological polar surface area (TPSA) is 206 Å². The van der Waals surface area contributed by atoms with Crippen molar-refractivity contribution in [3.8, 4) is 0 Å². The van der Waals surface area contributed by atoms with Crippen molar-refractivity contribution in [3.63, 3.8) is 0 Å². The molecule has 0 bridgehead atoms. The van der Waals surface area contributed by atoms with E-state index < -0.39 is 0 Å². The van der Waals surface area contributed by atoms with Gasteiger partial charge in [-0.25, -0.2) is 44.9 Å². The van der Waals surface area contributed by atoms with Crippen molar-refractivity contribution in [3.05, 3.63) is 326 Å². The van der Waals surface area contributed by atoms with Crippen molar-refractivity contribution in [2.45, 2.75) is 208 Å². The third kappa shape index (κ3) is 51.7. The third-order valence-electron chi connectivity index (χ3n) is 12.4. The normalized spacial score (nSPS) is 8.45. The minimum atomic E-state index is 0.759. The number of fused-ring (bicyclic) bond motifs is 5. The molecular formula is C94H134N16. The van der Waals surface area contributed by atoms with Gasteiger partial charge in [-0.1, -0.05) is 248 Å². The van der Waals surface area contributed by atoms with Gasteiger partial charge in [0, 0.05) is 124 Å². The highest BCUT2D eigenvalue weighted by molar-refractivity contribution is 5.84. The zero-order valence-corrected chi connectivity index (χ0v) is 72.6. The number of aryl methyl sites for hydroxylation is 10. The molecule has 15 aromatic rings. The van der Waals surface area contributed by atoms with Gasteiger partial charge in [0.25, 0.3) is 0 Å². The molecule has 0 fully saturated rings. The SMILES string of the molecule is CC.CC.CC.CC.CC.CC.CC.CC.CC.CC.Cc1cc2ccccc2cn1.Cc1ccc2ccccc2n1.Cc1ccnc2ccccc12.Cc1ccncn1.Cc1cnc2ccccc2c1.Cc1cnccn1.Cc1cncnc1.Cc1nccc2ccccc12.Cc1ncccn1.Cc1ncncn1. The number of rotatable bonds is 0. The molecule has 0 atom stereocenters. The largest absolute Gasteiger partial charge is 0.261 e. The fourth-order valence-corrected chi connectivity index (χ4v) is 7.83. The van der Waals surface area contributed by atoms with E-state index in [1.165, 1.54) is 74.1 Å². The molecule has 10 heterocycles. The maximum Gasteiger partial charge on any atom is 0.128 e. The summed E-state index contributed by atoms with van der Waals surface area (Å²) in [7, 11) is 0. The van der Waals surface area contributed by atoms with E-state index in [-0.39, 0.29) is 0 Å². The average Bonchev–Trinajstić information content (AvgIpc) is 0.862. The molecule has 5 aromatic carbocycles. The van der Waals surface area contributed by atoms with E-state index in [1.54, 1.807) is 55.6 Å². The van der Waals surface area contributed by atoms with Gasteiger partial charge in [-0.3, -0.25) is 34.9 Å². The predicted molar refractivity (Wildman–Crippen MR) is 478 cm³/mol. The first-order valence-electron chi connectivity index (χ1n) is 38.9. The lowest BCUT2D eigenvalue weighted by molar-refractivity contribution is 0.974. The second-order valence-electron chi connectivity index (χ2n) is 19.9. The summed E-state index contributed by atoms with van der Waals surface area (Å²) in [6.07, 6.45) is 27.3. The smallest absolute Gasteiger partial charge is 0.128 e. The molecule has 0 unspecified atom stereocenters. The van der Waals surface area contributed by atoms with Crippen LogP contribution >= 0.6 is 0 Å². The summed E-state index contributed by atoms with van der Waals surface area (Å²) < 4.78 is 0. The van der Waals surface area contributed by atoms with E-state index in [9.17, 15) is 0 Å². The first-order valence-corrected chi connectivity index (χ1v) is 38.9. The Kier molecular flexibility index (Phi) is 75.1. The maximum absolute atomic E-state index is 4.38. The fourth-order valence-electron chi connectivity index (χ4n) is 7.83. The van der Waals surface area contributed by atoms with Crippen LogP contribution in [0.3, 0.4) is 0 Å². The highest BCUT2D eigenvalue weighted by atomic mass is 15.0. The molecule has 0 radical (unpaired) electrons. The summed E-state index contributed by atoms with van der Waals surface area (Å²) in [4.78, 5) is 63.1. The number of hydrogen-bond donors (Lipinski definition) is 0. The van der Waals surface area contributed by atoms with Crippen LogP contribution < -0.4 is 0 Å². The molecule has 0 spiro atoms. The lowest BCUT2D eigenvalue weighted by Crippen LogP contribution is -1.84. The van der Waals surface area contributed by atoms with Gasteiger partial charge in [0.2, 0.25) is 0 Å². The van der Waals surface area contributed by atoms with Crippen molar-refractivity contribution < 1.29 is 0 Å². The molecule has 16 nitrogen and oxygen atoms in total. The monoisotopic (exact) mass is 1490 g/mol. The highest BCUT2D eigenvalue weighted by Crippen LogP contribution is 2.17. The number of hydrogen-bond acceptors (Lipinski definition) is 16. The average molecular weight is 1490 g/mol. The van der Waals surface area contributed by atoms with E-state index in [1.807, 2.05) is 322 Å². The first kappa shape index (κ1) is 107. The van der Waals surface area contributed by atoms with Crippen LogP contribution in [0, 0.1) is 69.2 Å². The zero-order valence-electron chi connectivity index (χ0n) is 72.6. The molecule has 0 aliphatic heterocycles. The maximum atomic E-state index is 4.38. The molecule has 590 valence electrons. The molecule has 15 rings (SSSR count). The molecule has 0 saturated heterocycles. The van der Waals surface area contributed by atoms with Crippen LogP contribution in [-0.4, -0.2) is 79.7 Å². The number of aromatic nitrogens is 16. The highest BCUT2D eigenvalue weighted by Gasteiger charge is 1.97. The Morgan fingerprint density at radius 2 is 0.709 bits per heavy atom. The molecule has 0 aliphatic carbocycles.